The van der Waals surface area contributed by atoms with E-state index in [-0.39, 0.29) is 10.6 Å². The first-order chi connectivity index (χ1) is 8.69. The minimum absolute atomic E-state index is 0.0973. The minimum Gasteiger partial charge on any atom is -0.492 e. The van der Waals surface area contributed by atoms with E-state index in [0.717, 1.165) is 23.6 Å². The molecule has 1 aromatic carbocycles. The summed E-state index contributed by atoms with van der Waals surface area (Å²) in [7, 11) is 0. The summed E-state index contributed by atoms with van der Waals surface area (Å²) in [6.07, 6.45) is 2.01. The topological polar surface area (TPSA) is 64.4 Å². The van der Waals surface area contributed by atoms with E-state index < -0.39 is 0 Å². The van der Waals surface area contributed by atoms with Crippen LogP contribution < -0.4 is 10.1 Å². The lowest BCUT2D eigenvalue weighted by Gasteiger charge is -2.11. The van der Waals surface area contributed by atoms with Crippen LogP contribution in [0.4, 0.5) is 5.69 Å². The molecule has 1 N–H and O–H groups in total. The second-order valence-corrected chi connectivity index (χ2v) is 4.66. The van der Waals surface area contributed by atoms with Gasteiger partial charge >= 0.3 is 0 Å². The fraction of sp³-hybridized carbons (Fsp3) is 0.500. The SMILES string of the molecule is CCNCc1cc([N+](=O)[O-])ccc1OCCSC. The Hall–Kier alpha value is -1.27. The van der Waals surface area contributed by atoms with Crippen LogP contribution in [0.3, 0.4) is 0 Å². The molecule has 0 fully saturated rings. The monoisotopic (exact) mass is 270 g/mol. The molecule has 1 aromatic rings. The summed E-state index contributed by atoms with van der Waals surface area (Å²) in [5.74, 6) is 1.62. The molecule has 0 atom stereocenters. The summed E-state index contributed by atoms with van der Waals surface area (Å²) >= 11 is 1.70. The Morgan fingerprint density at radius 3 is 2.89 bits per heavy atom. The number of ether oxygens (including phenoxy) is 1. The molecule has 0 spiro atoms. The fourth-order valence-electron chi connectivity index (χ4n) is 1.45. The molecule has 1 rings (SSSR count). The van der Waals surface area contributed by atoms with Gasteiger partial charge in [-0.3, -0.25) is 10.1 Å². The maximum atomic E-state index is 10.7. The smallest absolute Gasteiger partial charge is 0.270 e. The molecule has 0 aromatic heterocycles. The number of nitrogens with zero attached hydrogens (tertiary/aromatic N) is 1. The van der Waals surface area contributed by atoms with E-state index in [1.807, 2.05) is 13.2 Å². The Labute approximate surface area is 111 Å². The van der Waals surface area contributed by atoms with Crippen LogP contribution in [-0.2, 0) is 6.54 Å². The van der Waals surface area contributed by atoms with Crippen molar-refractivity contribution in [2.24, 2.45) is 0 Å². The minimum atomic E-state index is -0.388. The van der Waals surface area contributed by atoms with Crippen LogP contribution in [0.1, 0.15) is 12.5 Å². The zero-order chi connectivity index (χ0) is 13.4. The zero-order valence-corrected chi connectivity index (χ0v) is 11.5. The zero-order valence-electron chi connectivity index (χ0n) is 10.6. The second-order valence-electron chi connectivity index (χ2n) is 3.67. The van der Waals surface area contributed by atoms with E-state index >= 15 is 0 Å². The Bertz CT molecular complexity index is 399. The average Bonchev–Trinajstić information content (AvgIpc) is 2.37. The van der Waals surface area contributed by atoms with Crippen LogP contribution in [-0.4, -0.2) is 30.1 Å². The maximum absolute atomic E-state index is 10.7. The molecule has 6 heteroatoms. The molecular formula is C12H18N2O3S. The molecule has 18 heavy (non-hydrogen) atoms. The Kier molecular flexibility index (Phi) is 6.53. The highest BCUT2D eigenvalue weighted by molar-refractivity contribution is 7.98. The quantitative estimate of drug-likeness (QED) is 0.446. The van der Waals surface area contributed by atoms with Gasteiger partial charge in [-0.1, -0.05) is 6.92 Å². The largest absolute Gasteiger partial charge is 0.492 e. The summed E-state index contributed by atoms with van der Waals surface area (Å²) in [6.45, 7) is 3.99. The number of non-ortho nitro benzene ring substituents is 1. The Morgan fingerprint density at radius 1 is 1.50 bits per heavy atom. The molecular weight excluding hydrogens is 252 g/mol. The lowest BCUT2D eigenvalue weighted by atomic mass is 10.1. The van der Waals surface area contributed by atoms with Crippen LogP contribution in [0.25, 0.3) is 0 Å². The number of thioether (sulfide) groups is 1. The maximum Gasteiger partial charge on any atom is 0.270 e. The van der Waals surface area contributed by atoms with E-state index in [9.17, 15) is 10.1 Å². The van der Waals surface area contributed by atoms with Crippen LogP contribution in [0, 0.1) is 10.1 Å². The number of benzene rings is 1. The van der Waals surface area contributed by atoms with Gasteiger partial charge in [0.15, 0.2) is 0 Å². The third-order valence-corrected chi connectivity index (χ3v) is 2.94. The van der Waals surface area contributed by atoms with Crippen molar-refractivity contribution in [3.8, 4) is 5.75 Å². The van der Waals surface area contributed by atoms with Gasteiger partial charge in [-0.05, 0) is 18.9 Å². The molecule has 0 aliphatic rings. The average molecular weight is 270 g/mol. The van der Waals surface area contributed by atoms with Gasteiger partial charge in [0.05, 0.1) is 11.5 Å². The molecule has 0 unspecified atom stereocenters. The summed E-state index contributed by atoms with van der Waals surface area (Å²) in [5.41, 5.74) is 0.923. The fourth-order valence-corrected chi connectivity index (χ4v) is 1.70. The molecule has 100 valence electrons. The molecule has 0 radical (unpaired) electrons. The molecule has 0 saturated heterocycles. The third kappa shape index (κ3) is 4.54. The van der Waals surface area contributed by atoms with Gasteiger partial charge in [-0.2, -0.15) is 11.8 Å². The van der Waals surface area contributed by atoms with Crippen molar-refractivity contribution in [1.29, 1.82) is 0 Å². The van der Waals surface area contributed by atoms with Crippen LogP contribution in [0.2, 0.25) is 0 Å². The van der Waals surface area contributed by atoms with Crippen LogP contribution in [0.15, 0.2) is 18.2 Å². The highest BCUT2D eigenvalue weighted by Crippen LogP contribution is 2.24. The van der Waals surface area contributed by atoms with Gasteiger partial charge < -0.3 is 10.1 Å². The molecule has 0 saturated carbocycles. The Morgan fingerprint density at radius 2 is 2.28 bits per heavy atom. The third-order valence-electron chi connectivity index (χ3n) is 2.37. The van der Waals surface area contributed by atoms with Gasteiger partial charge in [0.25, 0.3) is 5.69 Å². The van der Waals surface area contributed by atoms with Gasteiger partial charge in [0, 0.05) is 30.0 Å². The van der Waals surface area contributed by atoms with E-state index in [1.165, 1.54) is 6.07 Å². The second kappa shape index (κ2) is 7.94. The molecule has 0 heterocycles. The van der Waals surface area contributed by atoms with Crippen molar-refractivity contribution in [3.05, 3.63) is 33.9 Å². The molecule has 5 nitrogen and oxygen atoms in total. The highest BCUT2D eigenvalue weighted by Gasteiger charge is 2.11. The normalized spacial score (nSPS) is 10.3. The van der Waals surface area contributed by atoms with Crippen LogP contribution in [0.5, 0.6) is 5.75 Å². The van der Waals surface area contributed by atoms with E-state index in [2.05, 4.69) is 5.32 Å². The number of nitro groups is 1. The highest BCUT2D eigenvalue weighted by atomic mass is 32.2. The lowest BCUT2D eigenvalue weighted by molar-refractivity contribution is -0.384. The summed E-state index contributed by atoms with van der Waals surface area (Å²) < 4.78 is 5.63. The van der Waals surface area contributed by atoms with Crippen molar-refractivity contribution in [3.63, 3.8) is 0 Å². The summed E-state index contributed by atoms with van der Waals surface area (Å²) in [5, 5.41) is 13.9. The predicted octanol–water partition coefficient (Wildman–Crippen LogP) is 2.45. The van der Waals surface area contributed by atoms with E-state index in [4.69, 9.17) is 4.74 Å². The van der Waals surface area contributed by atoms with Crippen molar-refractivity contribution < 1.29 is 9.66 Å². The van der Waals surface area contributed by atoms with Gasteiger partial charge in [0.1, 0.15) is 5.75 Å². The van der Waals surface area contributed by atoms with Crippen molar-refractivity contribution in [2.45, 2.75) is 13.5 Å². The summed E-state index contributed by atoms with van der Waals surface area (Å²) in [4.78, 5) is 10.4. The first kappa shape index (κ1) is 14.8. The van der Waals surface area contributed by atoms with E-state index in [1.54, 1.807) is 23.9 Å². The molecule has 0 bridgehead atoms. The first-order valence-electron chi connectivity index (χ1n) is 5.78. The molecule has 0 aliphatic heterocycles. The standard InChI is InChI=1S/C12H18N2O3S/c1-3-13-9-10-8-11(14(15)16)4-5-12(10)17-6-7-18-2/h4-5,8,13H,3,6-7,9H2,1-2H3. The number of rotatable bonds is 8. The van der Waals surface area contributed by atoms with Crippen molar-refractivity contribution in [1.82, 2.24) is 5.32 Å². The van der Waals surface area contributed by atoms with Crippen molar-refractivity contribution in [2.75, 3.05) is 25.2 Å². The number of hydrogen-bond acceptors (Lipinski definition) is 5. The number of nitrogens with one attached hydrogen (secondary N) is 1. The first-order valence-corrected chi connectivity index (χ1v) is 7.18. The summed E-state index contributed by atoms with van der Waals surface area (Å²) in [6, 6.07) is 4.71. The number of nitro benzene ring substituents is 1. The van der Waals surface area contributed by atoms with E-state index in [0.29, 0.717) is 13.2 Å². The Balaban J connectivity index is 2.82. The van der Waals surface area contributed by atoms with Gasteiger partial charge in [-0.15, -0.1) is 0 Å². The van der Waals surface area contributed by atoms with Gasteiger partial charge in [-0.25, -0.2) is 0 Å². The predicted molar refractivity (Wildman–Crippen MR) is 74.4 cm³/mol. The molecule has 0 aliphatic carbocycles. The lowest BCUT2D eigenvalue weighted by Crippen LogP contribution is -2.13. The van der Waals surface area contributed by atoms with Crippen LogP contribution >= 0.6 is 11.8 Å². The van der Waals surface area contributed by atoms with Gasteiger partial charge in [0.2, 0.25) is 0 Å². The number of hydrogen-bond donors (Lipinski definition) is 1. The molecule has 0 amide bonds. The van der Waals surface area contributed by atoms with Crippen molar-refractivity contribution >= 4 is 17.4 Å².